The molecule has 1 unspecified atom stereocenters. The summed E-state index contributed by atoms with van der Waals surface area (Å²) in [5, 5.41) is 2.72. The van der Waals surface area contributed by atoms with E-state index < -0.39 is 10.0 Å². The Labute approximate surface area is 167 Å². The Kier molecular flexibility index (Phi) is 6.72. The van der Waals surface area contributed by atoms with Gasteiger partial charge in [-0.05, 0) is 36.3 Å². The Bertz CT molecular complexity index is 807. The topological polar surface area (TPSA) is 86.8 Å². The van der Waals surface area contributed by atoms with Gasteiger partial charge in [-0.3, -0.25) is 9.59 Å². The molecule has 3 rings (SSSR count). The first-order valence-corrected chi connectivity index (χ1v) is 11.6. The average Bonchev–Trinajstić information content (AvgIpc) is 3.13. The molecule has 0 radical (unpaired) electrons. The Morgan fingerprint density at radius 2 is 1.89 bits per heavy atom. The minimum atomic E-state index is -3.11. The highest BCUT2D eigenvalue weighted by Gasteiger charge is 2.30. The molecule has 2 fully saturated rings. The highest BCUT2D eigenvalue weighted by atomic mass is 32.2. The molecule has 0 bridgehead atoms. The summed E-state index contributed by atoms with van der Waals surface area (Å²) in [6.45, 7) is 4.30. The number of benzene rings is 1. The minimum Gasteiger partial charge on any atom is -0.353 e. The molecule has 1 aromatic rings. The molecule has 2 heterocycles. The van der Waals surface area contributed by atoms with Crippen LogP contribution in [0.1, 0.15) is 30.9 Å². The molecular weight excluding hydrogens is 378 g/mol. The van der Waals surface area contributed by atoms with Crippen LogP contribution >= 0.6 is 0 Å². The van der Waals surface area contributed by atoms with Crippen LogP contribution in [0.25, 0.3) is 0 Å². The van der Waals surface area contributed by atoms with Crippen LogP contribution in [0.2, 0.25) is 0 Å². The van der Waals surface area contributed by atoms with E-state index in [-0.39, 0.29) is 24.1 Å². The maximum Gasteiger partial charge on any atom is 0.239 e. The van der Waals surface area contributed by atoms with Crippen LogP contribution in [-0.4, -0.2) is 67.9 Å². The second-order valence-electron chi connectivity index (χ2n) is 7.69. The number of hydrogen-bond donors (Lipinski definition) is 1. The van der Waals surface area contributed by atoms with Gasteiger partial charge in [-0.1, -0.05) is 31.2 Å². The van der Waals surface area contributed by atoms with Gasteiger partial charge in [0.15, 0.2) is 0 Å². The Morgan fingerprint density at radius 3 is 2.57 bits per heavy atom. The molecule has 1 N–H and O–H groups in total. The number of nitrogens with zero attached hydrogens (tertiary/aromatic N) is 2. The molecule has 0 aromatic heterocycles. The number of nitrogens with one attached hydrogen (secondary N) is 1. The number of carbonyl (C=O) groups is 2. The van der Waals surface area contributed by atoms with Crippen molar-refractivity contribution in [1.29, 1.82) is 0 Å². The average molecular weight is 408 g/mol. The lowest BCUT2D eigenvalue weighted by Gasteiger charge is -2.26. The van der Waals surface area contributed by atoms with Crippen molar-refractivity contribution in [3.05, 3.63) is 35.4 Å². The van der Waals surface area contributed by atoms with Crippen LogP contribution in [0.3, 0.4) is 0 Å². The SMILES string of the molecule is CCCS(=O)(=O)N1CCC(Cc2ccc(CC(=O)N3CCNC(=O)C3)cc2)C1. The summed E-state index contributed by atoms with van der Waals surface area (Å²) < 4.78 is 26.0. The normalized spacial score (nSPS) is 21.0. The van der Waals surface area contributed by atoms with E-state index in [1.54, 1.807) is 9.21 Å². The van der Waals surface area contributed by atoms with Crippen molar-refractivity contribution in [3.63, 3.8) is 0 Å². The van der Waals surface area contributed by atoms with Crippen molar-refractivity contribution in [2.75, 3.05) is 38.5 Å². The molecule has 0 aliphatic carbocycles. The van der Waals surface area contributed by atoms with Crippen LogP contribution in [0.5, 0.6) is 0 Å². The highest BCUT2D eigenvalue weighted by molar-refractivity contribution is 7.89. The summed E-state index contributed by atoms with van der Waals surface area (Å²) >= 11 is 0. The van der Waals surface area contributed by atoms with Crippen LogP contribution < -0.4 is 5.32 Å². The summed E-state index contributed by atoms with van der Waals surface area (Å²) in [6, 6.07) is 7.96. The molecule has 1 atom stereocenters. The van der Waals surface area contributed by atoms with Crippen LogP contribution in [0, 0.1) is 5.92 Å². The number of sulfonamides is 1. The molecule has 1 aromatic carbocycles. The van der Waals surface area contributed by atoms with Gasteiger partial charge in [0.1, 0.15) is 0 Å². The summed E-state index contributed by atoms with van der Waals surface area (Å²) in [5.41, 5.74) is 2.09. The van der Waals surface area contributed by atoms with Crippen molar-refractivity contribution >= 4 is 21.8 Å². The monoisotopic (exact) mass is 407 g/mol. The van der Waals surface area contributed by atoms with E-state index in [1.807, 2.05) is 31.2 Å². The number of hydrogen-bond acceptors (Lipinski definition) is 4. The number of amides is 2. The van der Waals surface area contributed by atoms with E-state index in [1.165, 1.54) is 0 Å². The molecule has 2 aliphatic rings. The van der Waals surface area contributed by atoms with Gasteiger partial charge in [0, 0.05) is 26.2 Å². The molecule has 154 valence electrons. The molecule has 28 heavy (non-hydrogen) atoms. The van der Waals surface area contributed by atoms with Crippen molar-refractivity contribution in [2.45, 2.75) is 32.6 Å². The molecule has 2 saturated heterocycles. The van der Waals surface area contributed by atoms with Crippen LogP contribution in [-0.2, 0) is 32.5 Å². The summed E-state index contributed by atoms with van der Waals surface area (Å²) in [6.07, 6.45) is 2.67. The van der Waals surface area contributed by atoms with Gasteiger partial charge < -0.3 is 10.2 Å². The summed E-state index contributed by atoms with van der Waals surface area (Å²) in [5.74, 6) is 0.420. The second-order valence-corrected chi connectivity index (χ2v) is 9.78. The molecular formula is C20H29N3O4S. The molecule has 7 nitrogen and oxygen atoms in total. The van der Waals surface area contributed by atoms with E-state index in [0.29, 0.717) is 44.9 Å². The molecule has 0 spiro atoms. The van der Waals surface area contributed by atoms with Gasteiger partial charge >= 0.3 is 0 Å². The zero-order chi connectivity index (χ0) is 20.1. The maximum atomic E-state index is 12.3. The maximum absolute atomic E-state index is 12.3. The molecule has 2 amide bonds. The zero-order valence-electron chi connectivity index (χ0n) is 16.4. The van der Waals surface area contributed by atoms with Gasteiger partial charge in [0.25, 0.3) is 0 Å². The fraction of sp³-hybridized carbons (Fsp3) is 0.600. The van der Waals surface area contributed by atoms with E-state index in [0.717, 1.165) is 24.0 Å². The minimum absolute atomic E-state index is 0.0323. The molecule has 0 saturated carbocycles. The summed E-state index contributed by atoms with van der Waals surface area (Å²) in [4.78, 5) is 25.4. The van der Waals surface area contributed by atoms with Crippen molar-refractivity contribution in [3.8, 4) is 0 Å². The first kappa shape index (κ1) is 20.8. The predicted octanol–water partition coefficient (Wildman–Crippen LogP) is 0.792. The Morgan fingerprint density at radius 1 is 1.18 bits per heavy atom. The van der Waals surface area contributed by atoms with Gasteiger partial charge in [0.2, 0.25) is 21.8 Å². The number of piperazine rings is 1. The van der Waals surface area contributed by atoms with Gasteiger partial charge in [-0.25, -0.2) is 12.7 Å². The lowest BCUT2D eigenvalue weighted by atomic mass is 9.97. The second kappa shape index (κ2) is 9.05. The lowest BCUT2D eigenvalue weighted by Crippen LogP contribution is -2.50. The van der Waals surface area contributed by atoms with E-state index in [4.69, 9.17) is 0 Å². The third-order valence-electron chi connectivity index (χ3n) is 5.40. The van der Waals surface area contributed by atoms with Gasteiger partial charge in [-0.15, -0.1) is 0 Å². The lowest BCUT2D eigenvalue weighted by molar-refractivity contribution is -0.137. The molecule has 2 aliphatic heterocycles. The summed E-state index contributed by atoms with van der Waals surface area (Å²) in [7, 11) is -3.11. The standard InChI is InChI=1S/C20H29N3O4S/c1-2-11-28(26,27)23-9-7-18(14-23)12-16-3-5-17(6-4-16)13-20(25)22-10-8-21-19(24)15-22/h3-6,18H,2,7-15H2,1H3,(H,21,24). The van der Waals surface area contributed by atoms with Gasteiger partial charge in [-0.2, -0.15) is 0 Å². The van der Waals surface area contributed by atoms with E-state index >= 15 is 0 Å². The van der Waals surface area contributed by atoms with Crippen molar-refractivity contribution in [2.24, 2.45) is 5.92 Å². The van der Waals surface area contributed by atoms with E-state index in [2.05, 4.69) is 5.32 Å². The first-order valence-electron chi connectivity index (χ1n) is 9.97. The largest absolute Gasteiger partial charge is 0.353 e. The smallest absolute Gasteiger partial charge is 0.239 e. The molecule has 8 heteroatoms. The van der Waals surface area contributed by atoms with Crippen LogP contribution in [0.4, 0.5) is 0 Å². The Balaban J connectivity index is 1.51. The predicted molar refractivity (Wildman–Crippen MR) is 107 cm³/mol. The Hall–Kier alpha value is -1.93. The van der Waals surface area contributed by atoms with Gasteiger partial charge in [0.05, 0.1) is 18.7 Å². The third kappa shape index (κ3) is 5.32. The van der Waals surface area contributed by atoms with Crippen LogP contribution in [0.15, 0.2) is 24.3 Å². The van der Waals surface area contributed by atoms with Crippen molar-refractivity contribution in [1.82, 2.24) is 14.5 Å². The number of rotatable bonds is 7. The van der Waals surface area contributed by atoms with E-state index in [9.17, 15) is 18.0 Å². The zero-order valence-corrected chi connectivity index (χ0v) is 17.2. The van der Waals surface area contributed by atoms with Crippen molar-refractivity contribution < 1.29 is 18.0 Å². The third-order valence-corrected chi connectivity index (χ3v) is 7.44. The number of carbonyl (C=O) groups excluding carboxylic acids is 2. The fourth-order valence-corrected chi connectivity index (χ4v) is 5.46. The highest BCUT2D eigenvalue weighted by Crippen LogP contribution is 2.24. The first-order chi connectivity index (χ1) is 13.4. The quantitative estimate of drug-likeness (QED) is 0.724. The fourth-order valence-electron chi connectivity index (χ4n) is 3.87.